The van der Waals surface area contributed by atoms with E-state index in [-0.39, 0.29) is 17.8 Å². The quantitative estimate of drug-likeness (QED) is 0.302. The van der Waals surface area contributed by atoms with Crippen molar-refractivity contribution in [2.24, 2.45) is 5.41 Å². The van der Waals surface area contributed by atoms with Crippen LogP contribution in [0.3, 0.4) is 0 Å². The molecular formula is C30H39NO6. The van der Waals surface area contributed by atoms with Crippen LogP contribution in [0.5, 0.6) is 5.75 Å². The van der Waals surface area contributed by atoms with Crippen molar-refractivity contribution in [2.75, 3.05) is 13.2 Å². The zero-order valence-corrected chi connectivity index (χ0v) is 22.7. The number of carbonyl (C=O) groups is 2. The fraction of sp³-hybridized carbons (Fsp3) is 0.467. The lowest BCUT2D eigenvalue weighted by molar-refractivity contribution is -0.135. The maximum Gasteiger partial charge on any atom is 0.322 e. The molecule has 0 saturated carbocycles. The molecule has 1 heterocycles. The molecule has 3 rings (SSSR count). The summed E-state index contributed by atoms with van der Waals surface area (Å²) in [5.41, 5.74) is 4.56. The van der Waals surface area contributed by atoms with Crippen LogP contribution in [0.4, 0.5) is 0 Å². The molecular weight excluding hydrogens is 470 g/mol. The summed E-state index contributed by atoms with van der Waals surface area (Å²) in [4.78, 5) is 23.1. The zero-order valence-electron chi connectivity index (χ0n) is 22.7. The van der Waals surface area contributed by atoms with E-state index in [0.717, 1.165) is 36.0 Å². The number of benzene rings is 2. The molecule has 0 saturated heterocycles. The number of rotatable bonds is 11. The topological polar surface area (TPSA) is 109 Å². The van der Waals surface area contributed by atoms with Crippen molar-refractivity contribution in [1.29, 1.82) is 0 Å². The number of fused-ring (bicyclic) bond motifs is 1. The molecule has 0 bridgehead atoms. The minimum Gasteiger partial charge on any atom is -0.491 e. The number of aliphatic hydroxyl groups is 1. The molecule has 7 nitrogen and oxygen atoms in total. The fourth-order valence-corrected chi connectivity index (χ4v) is 4.34. The molecule has 0 aliphatic rings. The Bertz CT molecular complexity index is 1250. The first kappa shape index (κ1) is 28.3. The molecule has 2 unspecified atom stereocenters. The fourth-order valence-electron chi connectivity index (χ4n) is 4.34. The number of carbonyl (C=O) groups excluding carboxylic acids is 1. The minimum absolute atomic E-state index is 0.147. The summed E-state index contributed by atoms with van der Waals surface area (Å²) in [5, 5.41) is 22.3. The van der Waals surface area contributed by atoms with E-state index in [2.05, 4.69) is 30.4 Å². The number of aliphatic hydroxyl groups excluding tert-OH is 1. The van der Waals surface area contributed by atoms with Gasteiger partial charge in [0.2, 0.25) is 0 Å². The van der Waals surface area contributed by atoms with Gasteiger partial charge in [0.1, 0.15) is 24.5 Å². The number of ether oxygens (including phenoxy) is 1. The Morgan fingerprint density at radius 3 is 2.46 bits per heavy atom. The monoisotopic (exact) mass is 509 g/mol. The molecule has 3 aromatic rings. The van der Waals surface area contributed by atoms with E-state index >= 15 is 0 Å². The Morgan fingerprint density at radius 2 is 1.84 bits per heavy atom. The van der Waals surface area contributed by atoms with Gasteiger partial charge in [-0.3, -0.25) is 9.59 Å². The van der Waals surface area contributed by atoms with Gasteiger partial charge in [0.25, 0.3) is 5.91 Å². The molecule has 0 aliphatic heterocycles. The lowest BCUT2D eigenvalue weighted by atomic mass is 9.89. The molecule has 1 amide bonds. The van der Waals surface area contributed by atoms with Gasteiger partial charge in [-0.25, -0.2) is 0 Å². The van der Waals surface area contributed by atoms with E-state index in [4.69, 9.17) is 14.3 Å². The Labute approximate surface area is 218 Å². The number of hydrogen-bond acceptors (Lipinski definition) is 5. The molecule has 0 aliphatic carbocycles. The molecule has 3 N–H and O–H groups in total. The largest absolute Gasteiger partial charge is 0.491 e. The van der Waals surface area contributed by atoms with Gasteiger partial charge in [-0.05, 0) is 79.3 Å². The zero-order chi connectivity index (χ0) is 27.3. The predicted molar refractivity (Wildman–Crippen MR) is 144 cm³/mol. The number of nitrogens with one attached hydrogen (secondary N) is 1. The summed E-state index contributed by atoms with van der Waals surface area (Å²) in [7, 11) is 0. The lowest BCUT2D eigenvalue weighted by Gasteiger charge is -2.26. The van der Waals surface area contributed by atoms with Crippen LogP contribution in [-0.4, -0.2) is 41.3 Å². The molecule has 2 atom stereocenters. The molecule has 7 heteroatoms. The number of aryl methyl sites for hydroxylation is 3. The average molecular weight is 510 g/mol. The summed E-state index contributed by atoms with van der Waals surface area (Å²) in [6.45, 7) is 11.8. The Morgan fingerprint density at radius 1 is 1.11 bits per heavy atom. The maximum absolute atomic E-state index is 12.4. The van der Waals surface area contributed by atoms with Gasteiger partial charge < -0.3 is 24.7 Å². The van der Waals surface area contributed by atoms with Crippen molar-refractivity contribution in [3.05, 3.63) is 64.4 Å². The number of amides is 1. The Balaban J connectivity index is 1.68. The molecule has 37 heavy (non-hydrogen) atoms. The van der Waals surface area contributed by atoms with Crippen molar-refractivity contribution in [3.8, 4) is 5.75 Å². The summed E-state index contributed by atoms with van der Waals surface area (Å²) in [6, 6.07) is 12.2. The van der Waals surface area contributed by atoms with Gasteiger partial charge in [0.05, 0.1) is 6.10 Å². The van der Waals surface area contributed by atoms with Crippen LogP contribution in [-0.2, 0) is 11.2 Å². The summed E-state index contributed by atoms with van der Waals surface area (Å²) >= 11 is 0. The normalized spacial score (nSPS) is 13.4. The SMILES string of the molecule is CCC(CCc1ccc(OCC(O)C(C)(C)C)c(C)c1)c1ccc2oc(C(=O)NCC(=O)O)c(C)c2c1. The Hall–Kier alpha value is -3.32. The highest BCUT2D eigenvalue weighted by atomic mass is 16.5. The second-order valence-electron chi connectivity index (χ2n) is 10.8. The summed E-state index contributed by atoms with van der Waals surface area (Å²) in [6.07, 6.45) is 2.31. The third-order valence-electron chi connectivity index (χ3n) is 6.95. The van der Waals surface area contributed by atoms with Crippen LogP contribution in [0.1, 0.15) is 79.3 Å². The molecule has 0 radical (unpaired) electrons. The van der Waals surface area contributed by atoms with Gasteiger partial charge in [0, 0.05) is 10.9 Å². The second-order valence-corrected chi connectivity index (χ2v) is 10.8. The van der Waals surface area contributed by atoms with E-state index in [1.807, 2.05) is 52.8 Å². The van der Waals surface area contributed by atoms with E-state index in [1.165, 1.54) is 11.1 Å². The van der Waals surface area contributed by atoms with Crippen LogP contribution in [0.15, 0.2) is 40.8 Å². The minimum atomic E-state index is -1.10. The molecule has 0 fully saturated rings. The number of furan rings is 1. The van der Waals surface area contributed by atoms with Crippen molar-refractivity contribution < 1.29 is 29.0 Å². The molecule has 200 valence electrons. The van der Waals surface area contributed by atoms with Gasteiger partial charge >= 0.3 is 5.97 Å². The Kier molecular flexibility index (Phi) is 9.02. The maximum atomic E-state index is 12.4. The standard InChI is InChI=1S/C30H39NO6/c1-7-21(10-8-20-9-12-24(18(2)14-20)36-17-26(32)30(4,5)6)22-11-13-25-23(15-22)19(3)28(37-25)29(35)31-16-27(33)34/h9,11-15,21,26,32H,7-8,10,16-17H2,1-6H3,(H,31,35)(H,33,34). The summed E-state index contributed by atoms with van der Waals surface area (Å²) < 4.78 is 11.6. The second kappa shape index (κ2) is 11.8. The van der Waals surface area contributed by atoms with Crippen LogP contribution in [0.2, 0.25) is 0 Å². The van der Waals surface area contributed by atoms with Crippen molar-refractivity contribution in [2.45, 2.75) is 72.8 Å². The van der Waals surface area contributed by atoms with Crippen LogP contribution in [0, 0.1) is 19.3 Å². The third-order valence-corrected chi connectivity index (χ3v) is 6.95. The van der Waals surface area contributed by atoms with Crippen molar-refractivity contribution >= 4 is 22.8 Å². The number of hydrogen-bond donors (Lipinski definition) is 3. The highest BCUT2D eigenvalue weighted by Gasteiger charge is 2.23. The van der Waals surface area contributed by atoms with E-state index in [9.17, 15) is 14.7 Å². The summed E-state index contributed by atoms with van der Waals surface area (Å²) in [5.74, 6) is -0.356. The van der Waals surface area contributed by atoms with E-state index < -0.39 is 24.5 Å². The number of aliphatic carboxylic acids is 1. The highest BCUT2D eigenvalue weighted by molar-refractivity contribution is 6.00. The van der Waals surface area contributed by atoms with Gasteiger partial charge in [-0.2, -0.15) is 0 Å². The van der Waals surface area contributed by atoms with Crippen molar-refractivity contribution in [3.63, 3.8) is 0 Å². The average Bonchev–Trinajstić information content (AvgIpc) is 3.17. The van der Waals surface area contributed by atoms with Gasteiger partial charge in [-0.15, -0.1) is 0 Å². The van der Waals surface area contributed by atoms with Crippen molar-refractivity contribution in [1.82, 2.24) is 5.32 Å². The predicted octanol–water partition coefficient (Wildman–Crippen LogP) is 5.78. The molecule has 2 aromatic carbocycles. The smallest absolute Gasteiger partial charge is 0.322 e. The van der Waals surface area contributed by atoms with Gasteiger partial charge in [-0.1, -0.05) is 45.9 Å². The van der Waals surface area contributed by atoms with Crippen LogP contribution in [0.25, 0.3) is 11.0 Å². The molecule has 0 spiro atoms. The third kappa shape index (κ3) is 7.13. The van der Waals surface area contributed by atoms with Crippen LogP contribution < -0.4 is 10.1 Å². The van der Waals surface area contributed by atoms with Gasteiger partial charge in [0.15, 0.2) is 5.76 Å². The molecule has 1 aromatic heterocycles. The van der Waals surface area contributed by atoms with Crippen LogP contribution >= 0.6 is 0 Å². The number of carboxylic acid groups (broad SMARTS) is 1. The highest BCUT2D eigenvalue weighted by Crippen LogP contribution is 2.32. The first-order valence-electron chi connectivity index (χ1n) is 12.8. The number of carboxylic acids is 1. The first-order valence-corrected chi connectivity index (χ1v) is 12.8. The van der Waals surface area contributed by atoms with E-state index in [1.54, 1.807) is 0 Å². The first-order chi connectivity index (χ1) is 17.4. The lowest BCUT2D eigenvalue weighted by Crippen LogP contribution is -2.32. The van der Waals surface area contributed by atoms with E-state index in [0.29, 0.717) is 17.1 Å².